The van der Waals surface area contributed by atoms with Crippen LogP contribution in [0.1, 0.15) is 54.1 Å². The lowest BCUT2D eigenvalue weighted by Crippen LogP contribution is -2.08. The van der Waals surface area contributed by atoms with E-state index in [4.69, 9.17) is 37.2 Å². The minimum absolute atomic E-state index is 0.0963. The number of hydrogen-bond acceptors (Lipinski definition) is 6. The van der Waals surface area contributed by atoms with Crippen molar-refractivity contribution in [2.45, 2.75) is 40.2 Å². The fraction of sp³-hybridized carbons (Fsp3) is 0.219. The zero-order chi connectivity index (χ0) is 28.4. The van der Waals surface area contributed by atoms with Crippen LogP contribution in [-0.4, -0.2) is 22.7 Å². The molecule has 3 aromatic carbocycles. The molecule has 0 amide bonds. The minimum atomic E-state index is -0.366. The zero-order valence-corrected chi connectivity index (χ0v) is 24.1. The lowest BCUT2D eigenvalue weighted by atomic mass is 10.0. The zero-order valence-electron chi connectivity index (χ0n) is 22.6. The van der Waals surface area contributed by atoms with Crippen LogP contribution in [0.15, 0.2) is 71.3 Å². The van der Waals surface area contributed by atoms with E-state index in [1.165, 1.54) is 0 Å². The van der Waals surface area contributed by atoms with E-state index < -0.39 is 0 Å². The van der Waals surface area contributed by atoms with Gasteiger partial charge in [0.15, 0.2) is 0 Å². The number of halogens is 2. The third kappa shape index (κ3) is 5.55. The van der Waals surface area contributed by atoms with Gasteiger partial charge in [0.2, 0.25) is 0 Å². The number of pyridine rings is 1. The first kappa shape index (κ1) is 27.7. The monoisotopic (exact) mass is 574 g/mol. The van der Waals surface area contributed by atoms with Gasteiger partial charge in [-0.15, -0.1) is 0 Å². The van der Waals surface area contributed by atoms with Gasteiger partial charge in [-0.05, 0) is 67.4 Å². The maximum absolute atomic E-state index is 12.3. The summed E-state index contributed by atoms with van der Waals surface area (Å²) in [5.41, 5.74) is 5.96. The van der Waals surface area contributed by atoms with E-state index in [9.17, 15) is 4.79 Å². The highest BCUT2D eigenvalue weighted by molar-refractivity contribution is 6.39. The van der Waals surface area contributed by atoms with Gasteiger partial charge in [0.25, 0.3) is 0 Å². The van der Waals surface area contributed by atoms with Gasteiger partial charge in [-0.3, -0.25) is 4.98 Å². The summed E-state index contributed by atoms with van der Waals surface area (Å²) in [5, 5.41) is 6.16. The van der Waals surface area contributed by atoms with Crippen molar-refractivity contribution >= 4 is 40.1 Å². The molecule has 40 heavy (non-hydrogen) atoms. The van der Waals surface area contributed by atoms with E-state index in [2.05, 4.69) is 10.1 Å². The molecule has 8 heteroatoms. The number of ether oxygens (including phenoxy) is 2. The fourth-order valence-corrected chi connectivity index (χ4v) is 5.18. The first-order valence-corrected chi connectivity index (χ1v) is 13.8. The second-order valence-electron chi connectivity index (χ2n) is 9.69. The largest absolute Gasteiger partial charge is 0.489 e. The Labute approximate surface area is 242 Å². The van der Waals surface area contributed by atoms with E-state index in [1.807, 2.05) is 69.3 Å². The SMILES string of the molecule is CCOC(=O)c1cc2cc(-c3ccc(OCc4c(-c5c(Cl)cccc5Cl)noc4C(C)C)cc3)ccc2nc1C. The Morgan fingerprint density at radius 2 is 1.68 bits per heavy atom. The van der Waals surface area contributed by atoms with Crippen molar-refractivity contribution < 1.29 is 18.8 Å². The molecule has 0 aliphatic carbocycles. The molecule has 0 spiro atoms. The highest BCUT2D eigenvalue weighted by Crippen LogP contribution is 2.39. The molecular formula is C32H28Cl2N2O4. The van der Waals surface area contributed by atoms with Crippen LogP contribution in [0.25, 0.3) is 33.3 Å². The van der Waals surface area contributed by atoms with Gasteiger partial charge in [-0.1, -0.05) is 66.5 Å². The highest BCUT2D eigenvalue weighted by atomic mass is 35.5. The van der Waals surface area contributed by atoms with Crippen LogP contribution < -0.4 is 4.74 Å². The predicted molar refractivity (Wildman–Crippen MR) is 158 cm³/mol. The number of benzene rings is 3. The second-order valence-corrected chi connectivity index (χ2v) is 10.5. The Bertz CT molecular complexity index is 1670. The summed E-state index contributed by atoms with van der Waals surface area (Å²) in [6.45, 7) is 8.23. The molecule has 0 fully saturated rings. The van der Waals surface area contributed by atoms with Crippen LogP contribution in [0.5, 0.6) is 5.75 Å². The third-order valence-corrected chi connectivity index (χ3v) is 7.24. The average molecular weight is 575 g/mol. The molecule has 5 aromatic rings. The van der Waals surface area contributed by atoms with Gasteiger partial charge in [0.05, 0.1) is 39.0 Å². The molecule has 2 heterocycles. The molecule has 0 aliphatic rings. The maximum atomic E-state index is 12.3. The molecule has 0 N–H and O–H groups in total. The van der Waals surface area contributed by atoms with Crippen LogP contribution in [0, 0.1) is 6.92 Å². The van der Waals surface area contributed by atoms with Crippen LogP contribution >= 0.6 is 23.2 Å². The molecule has 0 radical (unpaired) electrons. The van der Waals surface area contributed by atoms with Crippen molar-refractivity contribution in [3.63, 3.8) is 0 Å². The summed E-state index contributed by atoms with van der Waals surface area (Å²) < 4.78 is 17.0. The van der Waals surface area contributed by atoms with E-state index in [-0.39, 0.29) is 18.5 Å². The minimum Gasteiger partial charge on any atom is -0.489 e. The van der Waals surface area contributed by atoms with Crippen LogP contribution in [0.3, 0.4) is 0 Å². The molecule has 0 atom stereocenters. The first-order chi connectivity index (χ1) is 19.3. The number of aromatic nitrogens is 2. The smallest absolute Gasteiger partial charge is 0.339 e. The summed E-state index contributed by atoms with van der Waals surface area (Å²) >= 11 is 12.9. The number of carbonyl (C=O) groups is 1. The number of hydrogen-bond donors (Lipinski definition) is 0. The quantitative estimate of drug-likeness (QED) is 0.172. The van der Waals surface area contributed by atoms with Crippen LogP contribution in [0.4, 0.5) is 0 Å². The standard InChI is InChI=1S/C32H28Cl2N2O4/c1-5-38-32(37)24-16-22-15-21(11-14-28(22)35-19(24)4)20-9-12-23(13-10-20)39-17-25-30(36-40-31(25)18(2)3)29-26(33)7-6-8-27(29)34/h6-16,18H,5,17H2,1-4H3. The van der Waals surface area contributed by atoms with E-state index >= 15 is 0 Å². The van der Waals surface area contributed by atoms with Gasteiger partial charge in [0, 0.05) is 16.9 Å². The molecule has 204 valence electrons. The van der Waals surface area contributed by atoms with E-state index in [0.717, 1.165) is 33.4 Å². The summed E-state index contributed by atoms with van der Waals surface area (Å²) in [4.78, 5) is 16.9. The number of nitrogens with zero attached hydrogens (tertiary/aromatic N) is 2. The Hall–Kier alpha value is -3.87. The van der Waals surface area contributed by atoms with E-state index in [1.54, 1.807) is 25.1 Å². The molecule has 2 aromatic heterocycles. The summed E-state index contributed by atoms with van der Waals surface area (Å²) in [5.74, 6) is 1.15. The number of fused-ring (bicyclic) bond motifs is 1. The molecule has 0 unspecified atom stereocenters. The van der Waals surface area contributed by atoms with Gasteiger partial charge >= 0.3 is 5.97 Å². The molecule has 0 saturated heterocycles. The van der Waals surface area contributed by atoms with Crippen molar-refractivity contribution in [2.24, 2.45) is 0 Å². The molecule has 5 rings (SSSR count). The number of aryl methyl sites for hydroxylation is 1. The normalized spacial score (nSPS) is 11.3. The Kier molecular flexibility index (Phi) is 8.10. The van der Waals surface area contributed by atoms with Crippen LogP contribution in [-0.2, 0) is 11.3 Å². The molecule has 0 bridgehead atoms. The molecule has 0 aliphatic heterocycles. The molecule has 0 saturated carbocycles. The van der Waals surface area contributed by atoms with Crippen molar-refractivity contribution in [3.05, 3.63) is 99.4 Å². The number of rotatable bonds is 8. The summed E-state index contributed by atoms with van der Waals surface area (Å²) in [7, 11) is 0. The predicted octanol–water partition coefficient (Wildman–Crippen LogP) is 9.05. The summed E-state index contributed by atoms with van der Waals surface area (Å²) in [6.07, 6.45) is 0. The topological polar surface area (TPSA) is 74.5 Å². The van der Waals surface area contributed by atoms with Gasteiger partial charge in [-0.2, -0.15) is 0 Å². The van der Waals surface area contributed by atoms with Crippen molar-refractivity contribution in [1.82, 2.24) is 10.1 Å². The third-order valence-electron chi connectivity index (χ3n) is 6.61. The Balaban J connectivity index is 1.39. The van der Waals surface area contributed by atoms with Crippen LogP contribution in [0.2, 0.25) is 10.0 Å². The maximum Gasteiger partial charge on any atom is 0.339 e. The van der Waals surface area contributed by atoms with Gasteiger partial charge in [0.1, 0.15) is 23.8 Å². The lowest BCUT2D eigenvalue weighted by molar-refractivity contribution is 0.0525. The number of carbonyl (C=O) groups excluding carboxylic acids is 1. The first-order valence-electron chi connectivity index (χ1n) is 13.0. The summed E-state index contributed by atoms with van der Waals surface area (Å²) in [6, 6.07) is 21.0. The average Bonchev–Trinajstić information content (AvgIpc) is 3.35. The Morgan fingerprint density at radius 3 is 2.35 bits per heavy atom. The van der Waals surface area contributed by atoms with Crippen molar-refractivity contribution in [1.29, 1.82) is 0 Å². The van der Waals surface area contributed by atoms with Gasteiger partial charge in [-0.25, -0.2) is 4.79 Å². The fourth-order valence-electron chi connectivity index (χ4n) is 4.60. The second kappa shape index (κ2) is 11.7. The highest BCUT2D eigenvalue weighted by Gasteiger charge is 2.24. The van der Waals surface area contributed by atoms with E-state index in [0.29, 0.717) is 44.9 Å². The van der Waals surface area contributed by atoms with Crippen molar-refractivity contribution in [3.8, 4) is 28.1 Å². The lowest BCUT2D eigenvalue weighted by Gasteiger charge is -2.11. The van der Waals surface area contributed by atoms with Gasteiger partial charge < -0.3 is 14.0 Å². The molecular weight excluding hydrogens is 547 g/mol. The number of esters is 1. The Morgan fingerprint density at radius 1 is 0.975 bits per heavy atom. The molecule has 6 nitrogen and oxygen atoms in total. The van der Waals surface area contributed by atoms with Crippen molar-refractivity contribution in [2.75, 3.05) is 6.61 Å².